The van der Waals surface area contributed by atoms with Crippen LogP contribution in [0.4, 0.5) is 34.1 Å². The van der Waals surface area contributed by atoms with E-state index in [1.165, 1.54) is 69.2 Å². The van der Waals surface area contributed by atoms with Crippen molar-refractivity contribution in [2.24, 2.45) is 0 Å². The molecule has 10 aromatic carbocycles. The second kappa shape index (κ2) is 15.5. The SMILES string of the molecule is c1ccc(-c2cc3c4c(c2)N(c2ccccc2-c2ccccc2)c2cc5c(cc2B4c2ccccc2O3)B2c3ccccc3Sc3cc(N(c4ccccc4)c4ccccc4)cc(c32)S5)cc1. The summed E-state index contributed by atoms with van der Waals surface area (Å²) < 4.78 is 7.03. The van der Waals surface area contributed by atoms with Gasteiger partial charge in [-0.1, -0.05) is 192 Å². The minimum Gasteiger partial charge on any atom is -0.458 e. The summed E-state index contributed by atoms with van der Waals surface area (Å²) in [7, 11) is 0. The van der Waals surface area contributed by atoms with Gasteiger partial charge in [-0.2, -0.15) is 0 Å². The molecule has 0 amide bonds. The van der Waals surface area contributed by atoms with Crippen molar-refractivity contribution in [3.8, 4) is 33.8 Å². The van der Waals surface area contributed by atoms with E-state index in [2.05, 4.69) is 240 Å². The topological polar surface area (TPSA) is 15.7 Å². The van der Waals surface area contributed by atoms with Gasteiger partial charge in [-0.25, -0.2) is 0 Å². The molecule has 10 aromatic rings. The predicted octanol–water partition coefficient (Wildman–Crippen LogP) is 12.3. The Balaban J connectivity index is 1.04. The number of fused-ring (bicyclic) bond motifs is 8. The van der Waals surface area contributed by atoms with Gasteiger partial charge in [-0.3, -0.25) is 0 Å². The van der Waals surface area contributed by atoms with E-state index in [-0.39, 0.29) is 13.4 Å². The summed E-state index contributed by atoms with van der Waals surface area (Å²) in [5.41, 5.74) is 19.3. The van der Waals surface area contributed by atoms with Crippen molar-refractivity contribution in [2.45, 2.75) is 19.6 Å². The van der Waals surface area contributed by atoms with E-state index >= 15 is 0 Å². The molecule has 0 saturated carbocycles. The number of rotatable bonds is 6. The molecule has 0 spiro atoms. The molecule has 14 rings (SSSR count). The Morgan fingerprint density at radius 3 is 1.66 bits per heavy atom. The molecule has 0 aromatic heterocycles. The normalized spacial score (nSPS) is 13.3. The maximum atomic E-state index is 7.03. The molecule has 0 aliphatic carbocycles. The van der Waals surface area contributed by atoms with Crippen LogP contribution < -0.4 is 47.3 Å². The molecule has 0 unspecified atom stereocenters. The van der Waals surface area contributed by atoms with Gasteiger partial charge in [-0.05, 0) is 111 Å². The van der Waals surface area contributed by atoms with Crippen LogP contribution in [0.25, 0.3) is 22.3 Å². The van der Waals surface area contributed by atoms with E-state index in [0.717, 1.165) is 51.1 Å². The number of benzene rings is 10. The number of anilines is 6. The predicted molar refractivity (Wildman–Crippen MR) is 284 cm³/mol. The van der Waals surface area contributed by atoms with Crippen LogP contribution in [0.1, 0.15) is 0 Å². The highest BCUT2D eigenvalue weighted by molar-refractivity contribution is 8.01. The van der Waals surface area contributed by atoms with Gasteiger partial charge >= 0.3 is 0 Å². The highest BCUT2D eigenvalue weighted by Crippen LogP contribution is 2.49. The van der Waals surface area contributed by atoms with Crippen LogP contribution in [0.3, 0.4) is 0 Å². The average molecular weight is 889 g/mol. The van der Waals surface area contributed by atoms with Crippen LogP contribution in [0.2, 0.25) is 0 Å². The Labute approximate surface area is 399 Å². The van der Waals surface area contributed by atoms with E-state index in [1.54, 1.807) is 0 Å². The number of hydrogen-bond donors (Lipinski definition) is 0. The van der Waals surface area contributed by atoms with Crippen molar-refractivity contribution >= 4 is 104 Å². The Kier molecular flexibility index (Phi) is 8.96. The summed E-state index contributed by atoms with van der Waals surface area (Å²) in [6.45, 7) is 0.00776. The third-order valence-corrected chi connectivity index (χ3v) is 16.1. The summed E-state index contributed by atoms with van der Waals surface area (Å²) in [5, 5.41) is 0. The highest BCUT2D eigenvalue weighted by Gasteiger charge is 2.46. The van der Waals surface area contributed by atoms with Crippen LogP contribution in [0, 0.1) is 0 Å². The zero-order chi connectivity index (χ0) is 44.0. The fourth-order valence-corrected chi connectivity index (χ4v) is 13.4. The third kappa shape index (κ3) is 6.19. The first-order chi connectivity index (χ1) is 33.2. The summed E-state index contributed by atoms with van der Waals surface area (Å²) in [6, 6.07) is 84.4. The lowest BCUT2D eigenvalue weighted by Gasteiger charge is -2.42. The van der Waals surface area contributed by atoms with E-state index in [4.69, 9.17) is 4.74 Å². The summed E-state index contributed by atoms with van der Waals surface area (Å²) in [4.78, 5) is 10.1. The van der Waals surface area contributed by atoms with E-state index in [1.807, 2.05) is 23.5 Å². The van der Waals surface area contributed by atoms with Crippen molar-refractivity contribution in [1.29, 1.82) is 0 Å². The molecule has 67 heavy (non-hydrogen) atoms. The molecule has 0 fully saturated rings. The van der Waals surface area contributed by atoms with E-state index in [0.29, 0.717) is 0 Å². The van der Waals surface area contributed by atoms with Crippen molar-refractivity contribution in [1.82, 2.24) is 0 Å². The lowest BCUT2D eigenvalue weighted by Crippen LogP contribution is -2.63. The van der Waals surface area contributed by atoms with E-state index in [9.17, 15) is 0 Å². The van der Waals surface area contributed by atoms with Crippen LogP contribution in [-0.2, 0) is 0 Å². The quantitative estimate of drug-likeness (QED) is 0.154. The molecule has 0 radical (unpaired) electrons. The van der Waals surface area contributed by atoms with Crippen LogP contribution >= 0.6 is 23.5 Å². The Bertz CT molecular complexity index is 3550. The molecular weight excluding hydrogens is 850 g/mol. The largest absolute Gasteiger partial charge is 0.458 e. The first-order valence-corrected chi connectivity index (χ1v) is 24.5. The van der Waals surface area contributed by atoms with Crippen LogP contribution in [-0.4, -0.2) is 13.4 Å². The molecule has 4 heterocycles. The van der Waals surface area contributed by atoms with Gasteiger partial charge in [0, 0.05) is 53.6 Å². The van der Waals surface area contributed by atoms with Crippen molar-refractivity contribution in [3.63, 3.8) is 0 Å². The first-order valence-electron chi connectivity index (χ1n) is 22.9. The zero-order valence-corrected chi connectivity index (χ0v) is 37.8. The number of nitrogens with zero attached hydrogens (tertiary/aromatic N) is 2. The van der Waals surface area contributed by atoms with Gasteiger partial charge in [0.25, 0.3) is 6.71 Å². The lowest BCUT2D eigenvalue weighted by atomic mass is 9.32. The average Bonchev–Trinajstić information content (AvgIpc) is 3.39. The van der Waals surface area contributed by atoms with Gasteiger partial charge in [0.2, 0.25) is 6.71 Å². The minimum absolute atomic E-state index is 0.0491. The molecule has 7 heteroatoms. The van der Waals surface area contributed by atoms with Crippen molar-refractivity contribution < 1.29 is 4.74 Å². The molecule has 3 nitrogen and oxygen atoms in total. The number of para-hydroxylation sites is 4. The number of hydrogen-bond acceptors (Lipinski definition) is 5. The molecule has 4 aliphatic heterocycles. The highest BCUT2D eigenvalue weighted by atomic mass is 32.2. The fourth-order valence-electron chi connectivity index (χ4n) is 10.9. The zero-order valence-electron chi connectivity index (χ0n) is 36.2. The fraction of sp³-hybridized carbons (Fsp3) is 0. The van der Waals surface area contributed by atoms with Gasteiger partial charge in [-0.15, -0.1) is 0 Å². The van der Waals surface area contributed by atoms with Crippen molar-refractivity contribution in [3.05, 3.63) is 231 Å². The lowest BCUT2D eigenvalue weighted by molar-refractivity contribution is 0.488. The second-order valence-corrected chi connectivity index (χ2v) is 19.7. The second-order valence-electron chi connectivity index (χ2n) is 17.6. The molecule has 0 atom stereocenters. The standard InChI is InChI=1S/C60H38B2N2OS2/c1-5-19-39(20-6-1)41-33-52-59-54(34-41)65-53-31-17-14-28-46(53)61(59)48-37-49-56(38-51(48)64(52)50-30-16-13-27-45(50)40-21-7-2-8-22-40)67-58-36-44(35-57-60(58)62(49)47-29-15-18-32-55(47)66-57)63(42-23-9-3-10-24-42)43-25-11-4-12-26-43/h1-38H. The van der Waals surface area contributed by atoms with Crippen LogP contribution in [0.5, 0.6) is 11.5 Å². The van der Waals surface area contributed by atoms with E-state index < -0.39 is 0 Å². The van der Waals surface area contributed by atoms with Crippen molar-refractivity contribution in [2.75, 3.05) is 9.80 Å². The number of ether oxygens (including phenoxy) is 1. The Morgan fingerprint density at radius 2 is 0.925 bits per heavy atom. The smallest absolute Gasteiger partial charge is 0.256 e. The maximum Gasteiger partial charge on any atom is 0.256 e. The molecular formula is C60H38B2N2OS2. The molecule has 312 valence electrons. The first kappa shape index (κ1) is 38.7. The van der Waals surface area contributed by atoms with Gasteiger partial charge in [0.15, 0.2) is 0 Å². The Morgan fingerprint density at radius 1 is 0.343 bits per heavy atom. The van der Waals surface area contributed by atoms with Gasteiger partial charge in [0.1, 0.15) is 11.5 Å². The van der Waals surface area contributed by atoms with Gasteiger partial charge in [0.05, 0.1) is 5.69 Å². The summed E-state index contributed by atoms with van der Waals surface area (Å²) >= 11 is 3.82. The monoisotopic (exact) mass is 888 g/mol. The maximum absolute atomic E-state index is 7.03. The third-order valence-electron chi connectivity index (χ3n) is 13.8. The minimum atomic E-state index is -0.0491. The molecule has 0 N–H and O–H groups in total. The molecule has 0 bridgehead atoms. The summed E-state index contributed by atoms with van der Waals surface area (Å²) in [6.07, 6.45) is 0. The summed E-state index contributed by atoms with van der Waals surface area (Å²) in [5.74, 6) is 1.81. The van der Waals surface area contributed by atoms with Crippen LogP contribution in [0.15, 0.2) is 250 Å². The van der Waals surface area contributed by atoms with Gasteiger partial charge < -0.3 is 14.5 Å². The molecule has 4 aliphatic rings. The Hall–Kier alpha value is -7.57. The molecule has 0 saturated heterocycles.